The van der Waals surface area contributed by atoms with Crippen LogP contribution in [0.5, 0.6) is 0 Å². The van der Waals surface area contributed by atoms with Crippen LogP contribution in [0.25, 0.3) is 11.3 Å². The third-order valence-electron chi connectivity index (χ3n) is 2.81. The Bertz CT molecular complexity index is 561. The highest BCUT2D eigenvalue weighted by molar-refractivity contribution is 5.68. The Morgan fingerprint density at radius 3 is 2.78 bits per heavy atom. The predicted octanol–water partition coefficient (Wildman–Crippen LogP) is 3.57. The summed E-state index contributed by atoms with van der Waals surface area (Å²) in [6.07, 6.45) is 0.720. The molecule has 1 aromatic carbocycles. The molecular weight excluding hydrogens is 231 g/mol. The molecule has 96 valence electrons. The molecule has 1 heterocycles. The summed E-state index contributed by atoms with van der Waals surface area (Å²) in [5.74, 6) is 0.372. The van der Waals surface area contributed by atoms with Crippen molar-refractivity contribution in [1.29, 1.82) is 0 Å². The topological polar surface area (TPSA) is 52.0 Å². The monoisotopic (exact) mass is 248 g/mol. The third-order valence-corrected chi connectivity index (χ3v) is 2.81. The minimum Gasteiger partial charge on any atom is -0.367 e. The molecule has 2 N–H and O–H groups in total. The number of nitrogens with two attached hydrogens (primary N) is 1. The molecule has 0 aliphatic heterocycles. The molecular formula is C14H17FN2O. The summed E-state index contributed by atoms with van der Waals surface area (Å²) < 4.78 is 18.9. The first-order chi connectivity index (χ1) is 8.49. The standard InChI is InChI=1S/C14H17FN2O/c1-8(2)6-11-13(17-18-14(11)16)10-7-9(3)4-5-12(10)15/h4-5,7-8H,6,16H2,1-3H3. The number of benzene rings is 1. The zero-order valence-corrected chi connectivity index (χ0v) is 10.8. The molecule has 0 unspecified atom stereocenters. The maximum absolute atomic E-state index is 13.9. The fourth-order valence-corrected chi connectivity index (χ4v) is 1.96. The van der Waals surface area contributed by atoms with Crippen LogP contribution in [0.1, 0.15) is 25.0 Å². The van der Waals surface area contributed by atoms with Gasteiger partial charge in [0, 0.05) is 11.1 Å². The lowest BCUT2D eigenvalue weighted by Gasteiger charge is -2.06. The Balaban J connectivity index is 2.53. The molecule has 0 aliphatic rings. The number of hydrogen-bond acceptors (Lipinski definition) is 3. The first-order valence-corrected chi connectivity index (χ1v) is 5.99. The zero-order chi connectivity index (χ0) is 13.3. The van der Waals surface area contributed by atoms with Crippen LogP contribution in [0, 0.1) is 18.7 Å². The van der Waals surface area contributed by atoms with Gasteiger partial charge in [0.2, 0.25) is 5.88 Å². The Morgan fingerprint density at radius 1 is 1.39 bits per heavy atom. The van der Waals surface area contributed by atoms with Crippen LogP contribution in [0.3, 0.4) is 0 Å². The van der Waals surface area contributed by atoms with Gasteiger partial charge in [0.25, 0.3) is 0 Å². The van der Waals surface area contributed by atoms with Gasteiger partial charge in [-0.05, 0) is 31.4 Å². The van der Waals surface area contributed by atoms with E-state index in [0.29, 0.717) is 17.2 Å². The summed E-state index contributed by atoms with van der Waals surface area (Å²) >= 11 is 0. The number of hydrogen-bond donors (Lipinski definition) is 1. The van der Waals surface area contributed by atoms with E-state index in [1.165, 1.54) is 6.07 Å². The molecule has 1 aromatic heterocycles. The molecule has 0 atom stereocenters. The zero-order valence-electron chi connectivity index (χ0n) is 10.8. The molecule has 0 spiro atoms. The maximum atomic E-state index is 13.9. The predicted molar refractivity (Wildman–Crippen MR) is 69.6 cm³/mol. The smallest absolute Gasteiger partial charge is 0.225 e. The van der Waals surface area contributed by atoms with E-state index in [-0.39, 0.29) is 11.7 Å². The lowest BCUT2D eigenvalue weighted by molar-refractivity contribution is 0.437. The molecule has 0 aliphatic carbocycles. The van der Waals surface area contributed by atoms with Crippen molar-refractivity contribution < 1.29 is 8.91 Å². The second kappa shape index (κ2) is 4.80. The van der Waals surface area contributed by atoms with Crippen molar-refractivity contribution in [2.45, 2.75) is 27.2 Å². The number of nitrogen functional groups attached to an aromatic ring is 1. The van der Waals surface area contributed by atoms with Gasteiger partial charge in [-0.1, -0.05) is 30.6 Å². The largest absolute Gasteiger partial charge is 0.367 e. The number of nitrogens with zero attached hydrogens (tertiary/aromatic N) is 1. The lowest BCUT2D eigenvalue weighted by Crippen LogP contribution is -1.99. The van der Waals surface area contributed by atoms with Gasteiger partial charge in [-0.3, -0.25) is 0 Å². The van der Waals surface area contributed by atoms with Crippen LogP contribution in [-0.2, 0) is 6.42 Å². The number of aryl methyl sites for hydroxylation is 1. The molecule has 3 nitrogen and oxygen atoms in total. The average molecular weight is 248 g/mol. The quantitative estimate of drug-likeness (QED) is 0.903. The van der Waals surface area contributed by atoms with E-state index >= 15 is 0 Å². The summed E-state index contributed by atoms with van der Waals surface area (Å²) in [4.78, 5) is 0. The van der Waals surface area contributed by atoms with E-state index in [1.807, 2.05) is 6.92 Å². The van der Waals surface area contributed by atoms with Crippen molar-refractivity contribution >= 4 is 5.88 Å². The van der Waals surface area contributed by atoms with Crippen molar-refractivity contribution in [3.8, 4) is 11.3 Å². The van der Waals surface area contributed by atoms with Crippen LogP contribution in [0.2, 0.25) is 0 Å². The highest BCUT2D eigenvalue weighted by Crippen LogP contribution is 2.31. The molecule has 18 heavy (non-hydrogen) atoms. The first kappa shape index (κ1) is 12.6. The summed E-state index contributed by atoms with van der Waals surface area (Å²) in [5.41, 5.74) is 8.49. The number of halogens is 1. The second-order valence-electron chi connectivity index (χ2n) is 4.96. The van der Waals surface area contributed by atoms with Crippen LogP contribution in [0.4, 0.5) is 10.3 Å². The number of anilines is 1. The van der Waals surface area contributed by atoms with Crippen LogP contribution >= 0.6 is 0 Å². The van der Waals surface area contributed by atoms with Gasteiger partial charge >= 0.3 is 0 Å². The Hall–Kier alpha value is -1.84. The molecule has 0 saturated carbocycles. The van der Waals surface area contributed by atoms with Crippen molar-refractivity contribution in [3.05, 3.63) is 35.1 Å². The van der Waals surface area contributed by atoms with E-state index in [2.05, 4.69) is 19.0 Å². The summed E-state index contributed by atoms with van der Waals surface area (Å²) in [5, 5.41) is 3.90. The molecule has 0 amide bonds. The SMILES string of the molecule is Cc1ccc(F)c(-c2noc(N)c2CC(C)C)c1. The molecule has 0 fully saturated rings. The Kier molecular flexibility index (Phi) is 3.36. The van der Waals surface area contributed by atoms with E-state index in [1.54, 1.807) is 12.1 Å². The van der Waals surface area contributed by atoms with Crippen molar-refractivity contribution in [2.24, 2.45) is 5.92 Å². The van der Waals surface area contributed by atoms with Gasteiger partial charge in [-0.15, -0.1) is 0 Å². The van der Waals surface area contributed by atoms with Gasteiger partial charge in [0.15, 0.2) is 0 Å². The van der Waals surface area contributed by atoms with Crippen LogP contribution in [-0.4, -0.2) is 5.16 Å². The van der Waals surface area contributed by atoms with E-state index in [0.717, 1.165) is 17.5 Å². The highest BCUT2D eigenvalue weighted by atomic mass is 19.1. The van der Waals surface area contributed by atoms with Gasteiger partial charge in [0.1, 0.15) is 11.5 Å². The van der Waals surface area contributed by atoms with Crippen molar-refractivity contribution in [1.82, 2.24) is 5.16 Å². The fraction of sp³-hybridized carbons (Fsp3) is 0.357. The fourth-order valence-electron chi connectivity index (χ4n) is 1.96. The number of rotatable bonds is 3. The van der Waals surface area contributed by atoms with Crippen LogP contribution in [0.15, 0.2) is 22.7 Å². The molecule has 2 aromatic rings. The Labute approximate surface area is 106 Å². The normalized spacial score (nSPS) is 11.2. The van der Waals surface area contributed by atoms with Gasteiger partial charge in [0.05, 0.1) is 0 Å². The molecule has 4 heteroatoms. The first-order valence-electron chi connectivity index (χ1n) is 5.99. The molecule has 0 radical (unpaired) electrons. The second-order valence-corrected chi connectivity index (χ2v) is 4.96. The minimum atomic E-state index is -0.307. The average Bonchev–Trinajstić information content (AvgIpc) is 2.64. The summed E-state index contributed by atoms with van der Waals surface area (Å²) in [7, 11) is 0. The Morgan fingerprint density at radius 2 is 2.11 bits per heavy atom. The molecule has 2 rings (SSSR count). The summed E-state index contributed by atoms with van der Waals surface area (Å²) in [6, 6.07) is 4.93. The summed E-state index contributed by atoms with van der Waals surface area (Å²) in [6.45, 7) is 6.06. The van der Waals surface area contributed by atoms with Gasteiger partial charge in [-0.25, -0.2) is 4.39 Å². The van der Waals surface area contributed by atoms with E-state index in [9.17, 15) is 4.39 Å². The minimum absolute atomic E-state index is 0.277. The van der Waals surface area contributed by atoms with Gasteiger partial charge in [-0.2, -0.15) is 0 Å². The van der Waals surface area contributed by atoms with E-state index in [4.69, 9.17) is 10.3 Å². The van der Waals surface area contributed by atoms with Gasteiger partial charge < -0.3 is 10.3 Å². The van der Waals surface area contributed by atoms with Crippen LogP contribution < -0.4 is 5.73 Å². The number of aromatic nitrogens is 1. The van der Waals surface area contributed by atoms with E-state index < -0.39 is 0 Å². The van der Waals surface area contributed by atoms with Crippen molar-refractivity contribution in [3.63, 3.8) is 0 Å². The van der Waals surface area contributed by atoms with Crippen molar-refractivity contribution in [2.75, 3.05) is 5.73 Å². The molecule has 0 saturated heterocycles. The highest BCUT2D eigenvalue weighted by Gasteiger charge is 2.19. The third kappa shape index (κ3) is 2.37. The maximum Gasteiger partial charge on any atom is 0.225 e. The molecule has 0 bridgehead atoms. The lowest BCUT2D eigenvalue weighted by atomic mass is 9.98.